The fourth-order valence-corrected chi connectivity index (χ4v) is 4.59. The molecule has 34 heavy (non-hydrogen) atoms. The van der Waals surface area contributed by atoms with Crippen molar-refractivity contribution in [3.8, 4) is 0 Å². The number of anilines is 1. The highest BCUT2D eigenvalue weighted by atomic mass is 32.2. The molecule has 0 aliphatic rings. The Morgan fingerprint density at radius 2 is 2.00 bits per heavy atom. The third-order valence-electron chi connectivity index (χ3n) is 5.41. The van der Waals surface area contributed by atoms with Crippen molar-refractivity contribution in [2.45, 2.75) is 51.9 Å². The van der Waals surface area contributed by atoms with Gasteiger partial charge in [0.2, 0.25) is 11.5 Å². The van der Waals surface area contributed by atoms with Crippen molar-refractivity contribution < 1.29 is 13.9 Å². The quantitative estimate of drug-likeness (QED) is 0.199. The lowest BCUT2D eigenvalue weighted by molar-refractivity contribution is -0.113. The molecule has 178 valence electrons. The van der Waals surface area contributed by atoms with Gasteiger partial charge in [-0.2, -0.15) is 0 Å². The van der Waals surface area contributed by atoms with Crippen LogP contribution in [-0.2, 0) is 16.1 Å². The van der Waals surface area contributed by atoms with E-state index < -0.39 is 0 Å². The monoisotopic (exact) mass is 479 g/mol. The van der Waals surface area contributed by atoms with Gasteiger partial charge in [0.05, 0.1) is 11.9 Å². The van der Waals surface area contributed by atoms with Crippen LogP contribution in [0.4, 0.5) is 5.69 Å². The van der Waals surface area contributed by atoms with Gasteiger partial charge in [0, 0.05) is 24.2 Å². The zero-order valence-corrected chi connectivity index (χ0v) is 20.7. The Kier molecular flexibility index (Phi) is 7.38. The van der Waals surface area contributed by atoms with Crippen LogP contribution in [0.5, 0.6) is 0 Å². The van der Waals surface area contributed by atoms with Crippen LogP contribution in [0.3, 0.4) is 0 Å². The molecule has 0 fully saturated rings. The summed E-state index contributed by atoms with van der Waals surface area (Å²) < 4.78 is 13.1. The summed E-state index contributed by atoms with van der Waals surface area (Å²) >= 11 is 1.25. The summed E-state index contributed by atoms with van der Waals surface area (Å²) in [5.74, 6) is -0.0261. The first-order valence-corrected chi connectivity index (χ1v) is 12.4. The molecule has 2 aromatic heterocycles. The zero-order valence-electron chi connectivity index (χ0n) is 19.9. The number of hydrogen-bond acceptors (Lipinski definition) is 6. The molecule has 0 saturated carbocycles. The molecule has 8 heteroatoms. The van der Waals surface area contributed by atoms with Crippen LogP contribution in [0, 0.1) is 13.8 Å². The largest absolute Gasteiger partial charge is 0.448 e. The number of ether oxygens (including phenoxy) is 1. The number of nitrogens with zero attached hydrogens (tertiary/aromatic N) is 2. The number of aryl methyl sites for hydroxylation is 2. The predicted molar refractivity (Wildman–Crippen MR) is 137 cm³/mol. The minimum absolute atomic E-state index is 0.121. The maximum Gasteiger partial charge on any atom is 0.297 e. The maximum atomic E-state index is 13.3. The number of nitrogens with one attached hydrogen (secondary N) is 1. The van der Waals surface area contributed by atoms with Crippen molar-refractivity contribution in [3.63, 3.8) is 0 Å². The van der Waals surface area contributed by atoms with Crippen LogP contribution >= 0.6 is 11.8 Å². The Morgan fingerprint density at radius 3 is 2.76 bits per heavy atom. The molecule has 0 aliphatic heterocycles. The summed E-state index contributed by atoms with van der Waals surface area (Å²) in [5, 5.41) is 4.23. The summed E-state index contributed by atoms with van der Waals surface area (Å²) in [6, 6.07) is 13.3. The van der Waals surface area contributed by atoms with E-state index in [0.717, 1.165) is 22.2 Å². The van der Waals surface area contributed by atoms with E-state index in [1.165, 1.54) is 11.8 Å². The number of aromatic nitrogens is 2. The van der Waals surface area contributed by atoms with Crippen LogP contribution in [0.25, 0.3) is 22.1 Å². The predicted octanol–water partition coefficient (Wildman–Crippen LogP) is 5.31. The molecule has 0 aliphatic carbocycles. The molecule has 1 amide bonds. The number of thioether (sulfide) groups is 1. The number of fused-ring (bicyclic) bond motifs is 3. The molecule has 0 saturated heterocycles. The van der Waals surface area contributed by atoms with Gasteiger partial charge in [0.25, 0.3) is 5.56 Å². The van der Waals surface area contributed by atoms with Gasteiger partial charge in [-0.05, 0) is 57.9 Å². The van der Waals surface area contributed by atoms with Crippen molar-refractivity contribution >= 4 is 45.4 Å². The molecule has 4 aromatic rings. The van der Waals surface area contributed by atoms with E-state index in [4.69, 9.17) is 14.1 Å². The Morgan fingerprint density at radius 1 is 1.21 bits per heavy atom. The Balaban J connectivity index is 1.60. The number of benzene rings is 2. The van der Waals surface area contributed by atoms with Gasteiger partial charge < -0.3 is 14.5 Å². The summed E-state index contributed by atoms with van der Waals surface area (Å²) in [5.41, 5.74) is 4.05. The standard InChI is InChI=1S/C26H29N3O4S/c1-16(2)32-13-7-12-29-25(31)24-23(19-8-5-6-9-21(19)33-24)28-26(29)34-15-22(30)27-20-11-10-17(3)14-18(20)4/h5-6,8-11,14,16H,7,12-13,15H2,1-4H3,(H,27,30). The summed E-state index contributed by atoms with van der Waals surface area (Å²) in [6.45, 7) is 8.88. The fraction of sp³-hybridized carbons (Fsp3) is 0.346. The third kappa shape index (κ3) is 5.34. The van der Waals surface area contributed by atoms with Gasteiger partial charge in [0.1, 0.15) is 11.1 Å². The van der Waals surface area contributed by atoms with Crippen molar-refractivity contribution in [1.29, 1.82) is 0 Å². The fourth-order valence-electron chi connectivity index (χ4n) is 3.77. The summed E-state index contributed by atoms with van der Waals surface area (Å²) in [7, 11) is 0. The second-order valence-electron chi connectivity index (χ2n) is 8.56. The lowest BCUT2D eigenvalue weighted by Gasteiger charge is -2.13. The van der Waals surface area contributed by atoms with E-state index >= 15 is 0 Å². The van der Waals surface area contributed by atoms with Gasteiger partial charge >= 0.3 is 0 Å². The van der Waals surface area contributed by atoms with Crippen LogP contribution in [0.2, 0.25) is 0 Å². The average molecular weight is 480 g/mol. The van der Waals surface area contributed by atoms with E-state index in [1.54, 1.807) is 4.57 Å². The number of amides is 1. The zero-order chi connectivity index (χ0) is 24.2. The number of carbonyl (C=O) groups excluding carboxylic acids is 1. The number of hydrogen-bond donors (Lipinski definition) is 1. The average Bonchev–Trinajstić information content (AvgIpc) is 3.17. The summed E-state index contributed by atoms with van der Waals surface area (Å²) in [4.78, 5) is 30.8. The van der Waals surface area contributed by atoms with Crippen LogP contribution in [-0.4, -0.2) is 33.9 Å². The van der Waals surface area contributed by atoms with Gasteiger partial charge in [-0.1, -0.05) is 41.6 Å². The van der Waals surface area contributed by atoms with Crippen molar-refractivity contribution in [3.05, 3.63) is 63.9 Å². The maximum absolute atomic E-state index is 13.3. The Labute approximate surface area is 202 Å². The Bertz CT molecular complexity index is 1390. The van der Waals surface area contributed by atoms with E-state index in [9.17, 15) is 9.59 Å². The normalized spacial score (nSPS) is 11.6. The van der Waals surface area contributed by atoms with Crippen molar-refractivity contribution in [2.75, 3.05) is 17.7 Å². The second-order valence-corrected chi connectivity index (χ2v) is 9.50. The van der Waals surface area contributed by atoms with Gasteiger partial charge in [-0.3, -0.25) is 14.2 Å². The van der Waals surface area contributed by atoms with Gasteiger partial charge in [-0.15, -0.1) is 0 Å². The molecule has 0 atom stereocenters. The highest BCUT2D eigenvalue weighted by Crippen LogP contribution is 2.27. The van der Waals surface area contributed by atoms with E-state index in [0.29, 0.717) is 35.8 Å². The first-order chi connectivity index (χ1) is 16.3. The molecule has 7 nitrogen and oxygen atoms in total. The minimum atomic E-state index is -0.247. The molecule has 0 spiro atoms. The third-order valence-corrected chi connectivity index (χ3v) is 6.39. The first kappa shape index (κ1) is 24.0. The molecule has 1 N–H and O–H groups in total. The van der Waals surface area contributed by atoms with Crippen LogP contribution in [0.15, 0.2) is 56.8 Å². The smallest absolute Gasteiger partial charge is 0.297 e. The molecule has 0 bridgehead atoms. The van der Waals surface area contributed by atoms with Crippen LogP contribution in [0.1, 0.15) is 31.4 Å². The lowest BCUT2D eigenvalue weighted by atomic mass is 10.1. The highest BCUT2D eigenvalue weighted by Gasteiger charge is 2.18. The molecule has 4 rings (SSSR count). The van der Waals surface area contributed by atoms with Crippen molar-refractivity contribution in [1.82, 2.24) is 9.55 Å². The topological polar surface area (TPSA) is 86.4 Å². The van der Waals surface area contributed by atoms with Gasteiger partial charge in [0.15, 0.2) is 5.16 Å². The SMILES string of the molecule is Cc1ccc(NC(=O)CSc2nc3c(oc4ccccc43)c(=O)n2CCCOC(C)C)c(C)c1. The summed E-state index contributed by atoms with van der Waals surface area (Å²) in [6.07, 6.45) is 0.767. The van der Waals surface area contributed by atoms with E-state index in [2.05, 4.69) is 5.32 Å². The minimum Gasteiger partial charge on any atom is -0.448 e. The number of carbonyl (C=O) groups is 1. The highest BCUT2D eigenvalue weighted by molar-refractivity contribution is 7.99. The molecule has 2 aromatic carbocycles. The van der Waals surface area contributed by atoms with Crippen molar-refractivity contribution in [2.24, 2.45) is 0 Å². The van der Waals surface area contributed by atoms with E-state index in [1.807, 2.05) is 70.2 Å². The number of furan rings is 1. The molecular weight excluding hydrogens is 450 g/mol. The molecule has 2 heterocycles. The first-order valence-electron chi connectivity index (χ1n) is 11.4. The Hall–Kier alpha value is -3.10. The molecular formula is C26H29N3O4S. The van der Waals surface area contributed by atoms with Crippen LogP contribution < -0.4 is 10.9 Å². The second kappa shape index (κ2) is 10.4. The number of rotatable bonds is 9. The molecule has 0 radical (unpaired) electrons. The lowest BCUT2D eigenvalue weighted by Crippen LogP contribution is -2.25. The van der Waals surface area contributed by atoms with Gasteiger partial charge in [-0.25, -0.2) is 4.98 Å². The molecule has 0 unspecified atom stereocenters. The van der Waals surface area contributed by atoms with E-state index in [-0.39, 0.29) is 28.9 Å². The number of para-hydroxylation sites is 1.